The van der Waals surface area contributed by atoms with Gasteiger partial charge in [-0.25, -0.2) is 0 Å². The van der Waals surface area contributed by atoms with E-state index >= 15 is 0 Å². The molecule has 0 aromatic rings. The molecular formula is C8H10Cl2O. The molecule has 0 aromatic heterocycles. The van der Waals surface area contributed by atoms with Crippen molar-refractivity contribution in [2.24, 2.45) is 0 Å². The minimum absolute atomic E-state index is 0.413. The Bertz CT molecular complexity index is 176. The molecule has 0 saturated heterocycles. The van der Waals surface area contributed by atoms with E-state index in [1.807, 2.05) is 0 Å². The summed E-state index contributed by atoms with van der Waals surface area (Å²) >= 11 is 10.5. The first-order valence-corrected chi connectivity index (χ1v) is 4.36. The number of ketones is 1. The molecule has 0 atom stereocenters. The molecule has 0 fully saturated rings. The molecule has 0 heterocycles. The smallest absolute Gasteiger partial charge is 0.238 e. The number of carbonyl (C=O) groups excluding carboxylic acids is 1. The number of hydrogen-bond donors (Lipinski definition) is 0. The molecule has 0 aliphatic carbocycles. The van der Waals surface area contributed by atoms with Crippen LogP contribution in [-0.2, 0) is 4.79 Å². The molecule has 0 aromatic carbocycles. The Morgan fingerprint density at radius 3 is 2.64 bits per heavy atom. The van der Waals surface area contributed by atoms with Gasteiger partial charge in [-0.15, -0.1) is 0 Å². The van der Waals surface area contributed by atoms with Gasteiger partial charge in [-0.1, -0.05) is 42.5 Å². The fraction of sp³-hybridized carbons (Fsp3) is 0.625. The van der Waals surface area contributed by atoms with Crippen LogP contribution in [0.5, 0.6) is 0 Å². The first-order valence-electron chi connectivity index (χ1n) is 3.49. The molecule has 0 aliphatic heterocycles. The zero-order chi connectivity index (χ0) is 8.69. The quantitative estimate of drug-likeness (QED) is 0.291. The number of hydrogen-bond acceptors (Lipinski definition) is 1. The lowest BCUT2D eigenvalue weighted by atomic mass is 10.2. The van der Waals surface area contributed by atoms with E-state index in [0.717, 1.165) is 19.3 Å². The minimum Gasteiger partial charge on any atom is -0.282 e. The zero-order valence-electron chi connectivity index (χ0n) is 6.36. The Balaban J connectivity index is 3.60. The van der Waals surface area contributed by atoms with Crippen LogP contribution in [0.1, 0.15) is 26.2 Å². The maximum atomic E-state index is 10.7. The van der Waals surface area contributed by atoms with Crippen LogP contribution >= 0.6 is 23.2 Å². The Kier molecular flexibility index (Phi) is 6.40. The third-order valence-electron chi connectivity index (χ3n) is 1.07. The number of unbranched alkanes of at least 4 members (excludes halogenated alkanes) is 2. The van der Waals surface area contributed by atoms with Gasteiger partial charge in [-0.05, 0) is 12.3 Å². The lowest BCUT2D eigenvalue weighted by molar-refractivity contribution is -0.112. The third kappa shape index (κ3) is 6.22. The van der Waals surface area contributed by atoms with Gasteiger partial charge in [0.15, 0.2) is 4.84 Å². The molecule has 0 saturated carbocycles. The van der Waals surface area contributed by atoms with Crippen LogP contribution in [0.4, 0.5) is 0 Å². The van der Waals surface area contributed by atoms with Crippen molar-refractivity contribution in [1.82, 2.24) is 0 Å². The van der Waals surface area contributed by atoms with Crippen molar-refractivity contribution in [1.29, 1.82) is 0 Å². The molecule has 0 spiro atoms. The predicted molar refractivity (Wildman–Crippen MR) is 47.8 cm³/mol. The Hall–Kier alpha value is -0.190. The molecular weight excluding hydrogens is 183 g/mol. The van der Waals surface area contributed by atoms with Crippen molar-refractivity contribution < 1.29 is 4.79 Å². The fourth-order valence-electron chi connectivity index (χ4n) is 0.469. The largest absolute Gasteiger partial charge is 0.282 e. The van der Waals surface area contributed by atoms with Crippen molar-refractivity contribution in [2.75, 3.05) is 0 Å². The summed E-state index contributed by atoms with van der Waals surface area (Å²) < 4.78 is 0. The Morgan fingerprint density at radius 2 is 2.18 bits per heavy atom. The highest BCUT2D eigenvalue weighted by atomic mass is 35.5. The monoisotopic (exact) mass is 192 g/mol. The highest BCUT2D eigenvalue weighted by molar-refractivity contribution is 6.55. The third-order valence-corrected chi connectivity index (χ3v) is 1.46. The lowest BCUT2D eigenvalue weighted by Crippen LogP contribution is -2.03. The van der Waals surface area contributed by atoms with E-state index < -0.39 is 10.6 Å². The topological polar surface area (TPSA) is 17.1 Å². The second-order valence-electron chi connectivity index (χ2n) is 2.07. The SMILES string of the molecule is CCCCC#CC(=O)C(Cl)Cl. The number of alkyl halides is 2. The van der Waals surface area contributed by atoms with E-state index in [0.29, 0.717) is 0 Å². The van der Waals surface area contributed by atoms with E-state index in [-0.39, 0.29) is 0 Å². The summed E-state index contributed by atoms with van der Waals surface area (Å²) in [6, 6.07) is 0. The number of halogens is 2. The Labute approximate surface area is 77.1 Å². The van der Waals surface area contributed by atoms with E-state index in [4.69, 9.17) is 23.2 Å². The summed E-state index contributed by atoms with van der Waals surface area (Å²) in [6.45, 7) is 2.06. The van der Waals surface area contributed by atoms with Gasteiger partial charge in [0.05, 0.1) is 0 Å². The number of rotatable bonds is 3. The number of carbonyl (C=O) groups is 1. The van der Waals surface area contributed by atoms with Gasteiger partial charge in [0.1, 0.15) is 0 Å². The molecule has 0 N–H and O–H groups in total. The summed E-state index contributed by atoms with van der Waals surface area (Å²) in [5.74, 6) is 4.65. The predicted octanol–water partition coefficient (Wildman–Crippen LogP) is 2.55. The molecule has 0 amide bonds. The van der Waals surface area contributed by atoms with Gasteiger partial charge in [0.2, 0.25) is 5.78 Å². The summed E-state index contributed by atoms with van der Waals surface area (Å²) in [4.78, 5) is 9.67. The van der Waals surface area contributed by atoms with Crippen molar-refractivity contribution in [2.45, 2.75) is 31.0 Å². The van der Waals surface area contributed by atoms with E-state index in [1.54, 1.807) is 0 Å². The van der Waals surface area contributed by atoms with Crippen LogP contribution in [0, 0.1) is 11.8 Å². The van der Waals surface area contributed by atoms with Crippen LogP contribution in [-0.4, -0.2) is 10.6 Å². The average Bonchev–Trinajstić information content (AvgIpc) is 1.97. The van der Waals surface area contributed by atoms with Crippen LogP contribution in [0.15, 0.2) is 0 Å². The first kappa shape index (κ1) is 10.8. The molecule has 3 heteroatoms. The number of Topliss-reactive ketones (excluding diaryl/α,β-unsaturated/α-hetero) is 1. The van der Waals surface area contributed by atoms with Gasteiger partial charge < -0.3 is 0 Å². The van der Waals surface area contributed by atoms with Gasteiger partial charge >= 0.3 is 0 Å². The van der Waals surface area contributed by atoms with Crippen LogP contribution < -0.4 is 0 Å². The molecule has 0 rings (SSSR count). The van der Waals surface area contributed by atoms with Crippen LogP contribution in [0.25, 0.3) is 0 Å². The van der Waals surface area contributed by atoms with Crippen molar-refractivity contribution in [3.8, 4) is 11.8 Å². The van der Waals surface area contributed by atoms with E-state index in [1.165, 1.54) is 0 Å². The maximum Gasteiger partial charge on any atom is 0.238 e. The average molecular weight is 193 g/mol. The summed E-state index contributed by atoms with van der Waals surface area (Å²) in [6.07, 6.45) is 2.83. The first-order chi connectivity index (χ1) is 5.18. The van der Waals surface area contributed by atoms with Gasteiger partial charge in [0.25, 0.3) is 0 Å². The van der Waals surface area contributed by atoms with E-state index in [2.05, 4.69) is 18.8 Å². The fourth-order valence-corrected chi connectivity index (χ4v) is 0.578. The summed E-state index contributed by atoms with van der Waals surface area (Å²) in [7, 11) is 0. The highest BCUT2D eigenvalue weighted by Crippen LogP contribution is 2.01. The molecule has 11 heavy (non-hydrogen) atoms. The molecule has 62 valence electrons. The molecule has 0 unspecified atom stereocenters. The van der Waals surface area contributed by atoms with Crippen LogP contribution in [0.2, 0.25) is 0 Å². The second kappa shape index (κ2) is 6.52. The maximum absolute atomic E-state index is 10.7. The summed E-state index contributed by atoms with van der Waals surface area (Å²) in [5, 5.41) is 0. The second-order valence-corrected chi connectivity index (χ2v) is 3.17. The van der Waals surface area contributed by atoms with Crippen molar-refractivity contribution in [3.05, 3.63) is 0 Å². The van der Waals surface area contributed by atoms with Gasteiger partial charge in [-0.2, -0.15) is 0 Å². The minimum atomic E-state index is -0.996. The molecule has 0 bridgehead atoms. The van der Waals surface area contributed by atoms with E-state index in [9.17, 15) is 4.79 Å². The zero-order valence-corrected chi connectivity index (χ0v) is 7.87. The van der Waals surface area contributed by atoms with Gasteiger partial charge in [-0.3, -0.25) is 4.79 Å². The normalized spacial score (nSPS) is 9.09. The van der Waals surface area contributed by atoms with Gasteiger partial charge in [0, 0.05) is 6.42 Å². The highest BCUT2D eigenvalue weighted by Gasteiger charge is 2.06. The lowest BCUT2D eigenvalue weighted by Gasteiger charge is -1.88. The van der Waals surface area contributed by atoms with Crippen molar-refractivity contribution in [3.63, 3.8) is 0 Å². The molecule has 0 aliphatic rings. The van der Waals surface area contributed by atoms with Crippen LogP contribution in [0.3, 0.4) is 0 Å². The molecule has 0 radical (unpaired) electrons. The Morgan fingerprint density at radius 1 is 1.55 bits per heavy atom. The molecule has 1 nitrogen and oxygen atoms in total. The standard InChI is InChI=1S/C8H10Cl2O/c1-2-3-4-5-6-7(11)8(9)10/h8H,2-4H2,1H3. The summed E-state index contributed by atoms with van der Waals surface area (Å²) in [5.41, 5.74) is 0. The van der Waals surface area contributed by atoms with Crippen molar-refractivity contribution >= 4 is 29.0 Å².